The van der Waals surface area contributed by atoms with Crippen LogP contribution in [0.5, 0.6) is 5.75 Å². The molecule has 0 bridgehead atoms. The molecule has 0 saturated carbocycles. The number of fused-ring (bicyclic) bond motifs is 1. The minimum Gasteiger partial charge on any atom is -0.486 e. The molecular weight excluding hydrogens is 248 g/mol. The normalized spacial score (nSPS) is 21.1. The molecule has 0 N–H and O–H groups in total. The second kappa shape index (κ2) is 5.12. The van der Waals surface area contributed by atoms with Crippen molar-refractivity contribution in [3.63, 3.8) is 0 Å². The first-order valence-corrected chi connectivity index (χ1v) is 7.08. The predicted molar refractivity (Wildman–Crippen MR) is 79.2 cm³/mol. The maximum absolute atomic E-state index is 12.4. The molecule has 2 nitrogen and oxygen atoms in total. The van der Waals surface area contributed by atoms with E-state index >= 15 is 0 Å². The maximum atomic E-state index is 12.4. The van der Waals surface area contributed by atoms with Gasteiger partial charge in [-0.3, -0.25) is 4.79 Å². The maximum Gasteiger partial charge on any atom is 0.170 e. The Labute approximate surface area is 119 Å². The summed E-state index contributed by atoms with van der Waals surface area (Å²) in [4.78, 5) is 12.4. The Morgan fingerprint density at radius 2 is 1.75 bits per heavy atom. The number of rotatable bonds is 3. The van der Waals surface area contributed by atoms with Gasteiger partial charge in [-0.15, -0.1) is 0 Å². The summed E-state index contributed by atoms with van der Waals surface area (Å²) < 4.78 is 6.22. The van der Waals surface area contributed by atoms with Gasteiger partial charge < -0.3 is 4.74 Å². The van der Waals surface area contributed by atoms with Gasteiger partial charge in [0.05, 0.1) is 12.0 Å². The van der Waals surface area contributed by atoms with Crippen molar-refractivity contribution >= 4 is 5.78 Å². The van der Waals surface area contributed by atoms with E-state index in [1.807, 2.05) is 42.5 Å². The molecule has 2 aromatic carbocycles. The van der Waals surface area contributed by atoms with Gasteiger partial charge in [-0.05, 0) is 24.1 Å². The first kappa shape index (κ1) is 12.9. The van der Waals surface area contributed by atoms with Gasteiger partial charge in [0.1, 0.15) is 11.4 Å². The molecule has 0 radical (unpaired) electrons. The fourth-order valence-corrected chi connectivity index (χ4v) is 2.83. The first-order valence-electron chi connectivity index (χ1n) is 7.08. The summed E-state index contributed by atoms with van der Waals surface area (Å²) in [5.74, 6) is 0.908. The highest BCUT2D eigenvalue weighted by molar-refractivity contribution is 6.00. The van der Waals surface area contributed by atoms with Crippen LogP contribution in [0.3, 0.4) is 0 Å². The van der Waals surface area contributed by atoms with Crippen molar-refractivity contribution in [2.24, 2.45) is 0 Å². The van der Waals surface area contributed by atoms with Gasteiger partial charge in [-0.1, -0.05) is 49.4 Å². The van der Waals surface area contributed by atoms with Crippen LogP contribution >= 0.6 is 0 Å². The zero-order valence-electron chi connectivity index (χ0n) is 11.6. The van der Waals surface area contributed by atoms with E-state index in [0.29, 0.717) is 12.0 Å². The van der Waals surface area contributed by atoms with E-state index in [9.17, 15) is 4.79 Å². The van der Waals surface area contributed by atoms with Crippen molar-refractivity contribution in [1.82, 2.24) is 0 Å². The molecular formula is C18H18O2. The molecule has 1 aliphatic rings. The molecule has 102 valence electrons. The average molecular weight is 266 g/mol. The molecule has 0 saturated heterocycles. The lowest BCUT2D eigenvalue weighted by molar-refractivity contribution is 0.0378. The molecule has 3 rings (SSSR count). The number of ketones is 1. The Balaban J connectivity index is 1.93. The third-order valence-electron chi connectivity index (χ3n) is 4.01. The zero-order valence-corrected chi connectivity index (χ0v) is 11.6. The van der Waals surface area contributed by atoms with Gasteiger partial charge in [0.2, 0.25) is 0 Å². The van der Waals surface area contributed by atoms with Gasteiger partial charge in [0, 0.05) is 6.42 Å². The van der Waals surface area contributed by atoms with E-state index in [-0.39, 0.29) is 5.78 Å². The van der Waals surface area contributed by atoms with E-state index in [1.54, 1.807) is 0 Å². The SMILES string of the molecule is CCC1(Cc2ccccc2)CC(=O)c2ccccc2O1. The monoisotopic (exact) mass is 266 g/mol. The second-order valence-corrected chi connectivity index (χ2v) is 5.40. The molecule has 0 fully saturated rings. The van der Waals surface area contributed by atoms with Crippen LogP contribution in [0.15, 0.2) is 54.6 Å². The highest BCUT2D eigenvalue weighted by Gasteiger charge is 2.39. The van der Waals surface area contributed by atoms with E-state index in [4.69, 9.17) is 4.74 Å². The minimum absolute atomic E-state index is 0.185. The third-order valence-corrected chi connectivity index (χ3v) is 4.01. The highest BCUT2D eigenvalue weighted by atomic mass is 16.5. The average Bonchev–Trinajstić information content (AvgIpc) is 2.48. The zero-order chi connectivity index (χ0) is 14.0. The van der Waals surface area contributed by atoms with Crippen molar-refractivity contribution in [1.29, 1.82) is 0 Å². The number of hydrogen-bond acceptors (Lipinski definition) is 2. The smallest absolute Gasteiger partial charge is 0.170 e. The molecule has 1 aliphatic heterocycles. The number of carbonyl (C=O) groups is 1. The number of ether oxygens (including phenoxy) is 1. The number of Topliss-reactive ketones (excluding diaryl/α,β-unsaturated/α-hetero) is 1. The number of benzene rings is 2. The number of para-hydroxylation sites is 1. The van der Waals surface area contributed by atoms with Gasteiger partial charge in [-0.2, -0.15) is 0 Å². The quantitative estimate of drug-likeness (QED) is 0.838. The molecule has 0 spiro atoms. The summed E-state index contributed by atoms with van der Waals surface area (Å²) in [5.41, 5.74) is 1.51. The summed E-state index contributed by atoms with van der Waals surface area (Å²) in [6.45, 7) is 2.09. The summed E-state index contributed by atoms with van der Waals surface area (Å²) in [6.07, 6.45) is 2.04. The van der Waals surface area contributed by atoms with Gasteiger partial charge in [-0.25, -0.2) is 0 Å². The fraction of sp³-hybridized carbons (Fsp3) is 0.278. The lowest BCUT2D eigenvalue weighted by atomic mass is 9.83. The van der Waals surface area contributed by atoms with Crippen molar-refractivity contribution in [3.05, 3.63) is 65.7 Å². The van der Waals surface area contributed by atoms with Crippen LogP contribution in [-0.4, -0.2) is 11.4 Å². The largest absolute Gasteiger partial charge is 0.486 e. The van der Waals surface area contributed by atoms with Crippen LogP contribution in [0.4, 0.5) is 0 Å². The lowest BCUT2D eigenvalue weighted by Crippen LogP contribution is -2.43. The van der Waals surface area contributed by atoms with Crippen LogP contribution in [0.2, 0.25) is 0 Å². The minimum atomic E-state index is -0.410. The molecule has 0 aromatic heterocycles. The molecule has 0 aliphatic carbocycles. The Bertz CT molecular complexity index is 618. The van der Waals surface area contributed by atoms with Crippen molar-refractivity contribution in [3.8, 4) is 5.75 Å². The Hall–Kier alpha value is -2.09. The van der Waals surface area contributed by atoms with E-state index in [2.05, 4.69) is 19.1 Å². The Kier molecular flexibility index (Phi) is 3.31. The number of carbonyl (C=O) groups excluding carboxylic acids is 1. The fourth-order valence-electron chi connectivity index (χ4n) is 2.83. The highest BCUT2D eigenvalue weighted by Crippen LogP contribution is 2.37. The van der Waals surface area contributed by atoms with Crippen molar-refractivity contribution in [2.75, 3.05) is 0 Å². The standard InChI is InChI=1S/C18H18O2/c1-2-18(12-14-8-4-3-5-9-14)13-16(19)15-10-6-7-11-17(15)20-18/h3-11H,2,12-13H2,1H3. The van der Waals surface area contributed by atoms with Gasteiger partial charge >= 0.3 is 0 Å². The van der Waals surface area contributed by atoms with Crippen LogP contribution in [-0.2, 0) is 6.42 Å². The molecule has 1 heterocycles. The molecule has 1 unspecified atom stereocenters. The first-order chi connectivity index (χ1) is 9.72. The van der Waals surface area contributed by atoms with Crippen molar-refractivity contribution in [2.45, 2.75) is 31.8 Å². The summed E-state index contributed by atoms with van der Waals surface area (Å²) >= 11 is 0. The van der Waals surface area contributed by atoms with E-state index in [0.717, 1.165) is 18.6 Å². The Morgan fingerprint density at radius 1 is 1.05 bits per heavy atom. The van der Waals surface area contributed by atoms with Crippen LogP contribution in [0.25, 0.3) is 0 Å². The molecule has 2 heteroatoms. The topological polar surface area (TPSA) is 26.3 Å². The van der Waals surface area contributed by atoms with E-state index in [1.165, 1.54) is 5.56 Å². The van der Waals surface area contributed by atoms with Crippen LogP contribution in [0, 0.1) is 0 Å². The molecule has 20 heavy (non-hydrogen) atoms. The van der Waals surface area contributed by atoms with E-state index < -0.39 is 5.60 Å². The van der Waals surface area contributed by atoms with Gasteiger partial charge in [0.15, 0.2) is 5.78 Å². The third kappa shape index (κ3) is 2.34. The predicted octanol–water partition coefficient (Wildman–Crippen LogP) is 4.04. The summed E-state index contributed by atoms with van der Waals surface area (Å²) in [7, 11) is 0. The Morgan fingerprint density at radius 3 is 2.50 bits per heavy atom. The second-order valence-electron chi connectivity index (χ2n) is 5.40. The molecule has 1 atom stereocenters. The van der Waals surface area contributed by atoms with Gasteiger partial charge in [0.25, 0.3) is 0 Å². The summed E-state index contributed by atoms with van der Waals surface area (Å²) in [5, 5.41) is 0. The summed E-state index contributed by atoms with van der Waals surface area (Å²) in [6, 6.07) is 17.8. The lowest BCUT2D eigenvalue weighted by Gasteiger charge is -2.37. The van der Waals surface area contributed by atoms with Crippen LogP contribution in [0.1, 0.15) is 35.7 Å². The van der Waals surface area contributed by atoms with Crippen molar-refractivity contribution < 1.29 is 9.53 Å². The number of hydrogen-bond donors (Lipinski definition) is 0. The van der Waals surface area contributed by atoms with Crippen LogP contribution < -0.4 is 4.74 Å². The molecule has 0 amide bonds. The molecule has 2 aromatic rings.